The molecular weight excluding hydrogens is 378 g/mol. The number of rotatable bonds is 9. The maximum atomic E-state index is 12.6. The van der Waals surface area contributed by atoms with Crippen LogP contribution in [0.3, 0.4) is 0 Å². The first-order chi connectivity index (χ1) is 14.4. The fraction of sp³-hybridized carbons (Fsp3) is 0.375. The Kier molecular flexibility index (Phi) is 7.22. The Morgan fingerprint density at radius 3 is 2.40 bits per heavy atom. The summed E-state index contributed by atoms with van der Waals surface area (Å²) in [6, 6.07) is 15.7. The Morgan fingerprint density at radius 2 is 1.77 bits per heavy atom. The monoisotopic (exact) mass is 407 g/mol. The van der Waals surface area contributed by atoms with E-state index in [1.54, 1.807) is 0 Å². The first kappa shape index (κ1) is 21.6. The number of hydrogen-bond acceptors (Lipinski definition) is 5. The highest BCUT2D eigenvalue weighted by atomic mass is 16.5. The van der Waals surface area contributed by atoms with Crippen LogP contribution in [0.4, 0.5) is 0 Å². The molecule has 0 saturated carbocycles. The number of aryl methyl sites for hydroxylation is 3. The molecule has 0 saturated heterocycles. The van der Waals surface area contributed by atoms with Crippen LogP contribution in [-0.2, 0) is 11.2 Å². The zero-order valence-electron chi connectivity index (χ0n) is 18.0. The molecule has 1 heterocycles. The number of carbonyl (C=O) groups is 1. The van der Waals surface area contributed by atoms with Crippen LogP contribution in [0.25, 0.3) is 0 Å². The summed E-state index contributed by atoms with van der Waals surface area (Å²) < 4.78 is 11.4. The van der Waals surface area contributed by atoms with Crippen molar-refractivity contribution in [2.75, 3.05) is 6.61 Å². The molecule has 158 valence electrons. The highest BCUT2D eigenvalue weighted by Crippen LogP contribution is 2.24. The van der Waals surface area contributed by atoms with Crippen molar-refractivity contribution in [1.29, 1.82) is 0 Å². The van der Waals surface area contributed by atoms with E-state index in [0.717, 1.165) is 22.4 Å². The smallest absolute Gasteiger partial charge is 0.227 e. The average molecular weight is 408 g/mol. The Morgan fingerprint density at radius 1 is 1.07 bits per heavy atom. The van der Waals surface area contributed by atoms with E-state index < -0.39 is 0 Å². The van der Waals surface area contributed by atoms with Gasteiger partial charge < -0.3 is 14.6 Å². The highest BCUT2D eigenvalue weighted by molar-refractivity contribution is 5.76. The van der Waals surface area contributed by atoms with Crippen molar-refractivity contribution in [2.24, 2.45) is 0 Å². The number of nitrogens with zero attached hydrogens (tertiary/aromatic N) is 2. The quantitative estimate of drug-likeness (QED) is 0.557. The van der Waals surface area contributed by atoms with Crippen molar-refractivity contribution >= 4 is 5.91 Å². The van der Waals surface area contributed by atoms with Crippen LogP contribution in [0.5, 0.6) is 5.75 Å². The summed E-state index contributed by atoms with van der Waals surface area (Å²) in [6.45, 7) is 8.39. The van der Waals surface area contributed by atoms with Gasteiger partial charge >= 0.3 is 0 Å². The molecule has 2 aromatic carbocycles. The molecule has 3 aromatic rings. The van der Waals surface area contributed by atoms with Crippen LogP contribution in [0.1, 0.15) is 60.6 Å². The molecule has 0 unspecified atom stereocenters. The summed E-state index contributed by atoms with van der Waals surface area (Å²) in [6.07, 6.45) is 0.678. The van der Waals surface area contributed by atoms with E-state index in [1.807, 2.05) is 76.2 Å². The average Bonchev–Trinajstić information content (AvgIpc) is 3.21. The predicted molar refractivity (Wildman–Crippen MR) is 115 cm³/mol. The van der Waals surface area contributed by atoms with Gasteiger partial charge in [-0.1, -0.05) is 67.5 Å². The largest absolute Gasteiger partial charge is 0.491 e. The van der Waals surface area contributed by atoms with E-state index in [2.05, 4.69) is 15.5 Å². The maximum absolute atomic E-state index is 12.6. The molecule has 0 aliphatic carbocycles. The van der Waals surface area contributed by atoms with Gasteiger partial charge in [-0.05, 0) is 30.5 Å². The number of aromatic nitrogens is 2. The van der Waals surface area contributed by atoms with E-state index >= 15 is 0 Å². The molecule has 6 nitrogen and oxygen atoms in total. The maximum Gasteiger partial charge on any atom is 0.227 e. The van der Waals surface area contributed by atoms with Gasteiger partial charge in [0.15, 0.2) is 5.82 Å². The predicted octanol–water partition coefficient (Wildman–Crippen LogP) is 4.68. The minimum absolute atomic E-state index is 0.0849. The molecule has 1 atom stereocenters. The van der Waals surface area contributed by atoms with Crippen LogP contribution in [-0.4, -0.2) is 22.7 Å². The van der Waals surface area contributed by atoms with Gasteiger partial charge in [-0.2, -0.15) is 4.98 Å². The second-order valence-electron chi connectivity index (χ2n) is 7.76. The van der Waals surface area contributed by atoms with Gasteiger partial charge in [0.1, 0.15) is 12.4 Å². The van der Waals surface area contributed by atoms with Crippen LogP contribution >= 0.6 is 0 Å². The van der Waals surface area contributed by atoms with E-state index in [4.69, 9.17) is 9.26 Å². The molecule has 1 amide bonds. The lowest BCUT2D eigenvalue weighted by molar-refractivity contribution is -0.122. The number of ether oxygens (including phenoxy) is 1. The molecule has 0 aliphatic rings. The second kappa shape index (κ2) is 10.1. The van der Waals surface area contributed by atoms with Crippen molar-refractivity contribution in [3.05, 3.63) is 76.9 Å². The molecule has 0 spiro atoms. The molecule has 3 rings (SSSR count). The van der Waals surface area contributed by atoms with Crippen LogP contribution < -0.4 is 10.1 Å². The first-order valence-electron chi connectivity index (χ1n) is 10.3. The SMILES string of the molecule is Cc1cccc(C)c1OC[C@H](NC(=O)CCc1nc(C(C)C)no1)c1ccccc1. The summed E-state index contributed by atoms with van der Waals surface area (Å²) in [5, 5.41) is 7.03. The standard InChI is InChI=1S/C24H29N3O3/c1-16(2)24-26-22(30-27-24)14-13-21(28)25-20(19-11-6-5-7-12-19)15-29-23-17(3)9-8-10-18(23)4/h5-12,16,20H,13-15H2,1-4H3,(H,25,28)/t20-/m0/s1. The molecule has 30 heavy (non-hydrogen) atoms. The molecule has 0 radical (unpaired) electrons. The van der Waals surface area contributed by atoms with Gasteiger partial charge in [0.25, 0.3) is 0 Å². The van der Waals surface area contributed by atoms with E-state index in [-0.39, 0.29) is 24.3 Å². The van der Waals surface area contributed by atoms with Gasteiger partial charge in [-0.25, -0.2) is 0 Å². The third-order valence-corrected chi connectivity index (χ3v) is 4.91. The fourth-order valence-electron chi connectivity index (χ4n) is 3.19. The van der Waals surface area contributed by atoms with Gasteiger partial charge in [0, 0.05) is 18.8 Å². The Hall–Kier alpha value is -3.15. The minimum Gasteiger partial charge on any atom is -0.491 e. The fourth-order valence-corrected chi connectivity index (χ4v) is 3.19. The molecular formula is C24H29N3O3. The van der Waals surface area contributed by atoms with Gasteiger partial charge in [0.2, 0.25) is 11.8 Å². The van der Waals surface area contributed by atoms with E-state index in [9.17, 15) is 4.79 Å². The summed E-state index contributed by atoms with van der Waals surface area (Å²) in [7, 11) is 0. The molecule has 0 fully saturated rings. The first-order valence-corrected chi connectivity index (χ1v) is 10.3. The topological polar surface area (TPSA) is 77.2 Å². The number of carbonyl (C=O) groups excluding carboxylic acids is 1. The van der Waals surface area contributed by atoms with Crippen molar-refractivity contribution in [2.45, 2.75) is 52.5 Å². The summed E-state index contributed by atoms with van der Waals surface area (Å²) in [5.41, 5.74) is 3.15. The summed E-state index contributed by atoms with van der Waals surface area (Å²) in [5.74, 6) is 2.12. The van der Waals surface area contributed by atoms with Crippen molar-refractivity contribution in [3.63, 3.8) is 0 Å². The number of amides is 1. The van der Waals surface area contributed by atoms with Gasteiger partial charge in [-0.3, -0.25) is 4.79 Å². The second-order valence-corrected chi connectivity index (χ2v) is 7.76. The number of para-hydroxylation sites is 1. The number of benzene rings is 2. The minimum atomic E-state index is -0.258. The van der Waals surface area contributed by atoms with Crippen molar-refractivity contribution in [1.82, 2.24) is 15.5 Å². The highest BCUT2D eigenvalue weighted by Gasteiger charge is 2.18. The zero-order chi connectivity index (χ0) is 21.5. The molecule has 0 bridgehead atoms. The van der Waals surface area contributed by atoms with Gasteiger partial charge in [0.05, 0.1) is 6.04 Å². The zero-order valence-corrected chi connectivity index (χ0v) is 18.0. The molecule has 6 heteroatoms. The summed E-state index contributed by atoms with van der Waals surface area (Å²) in [4.78, 5) is 17.0. The molecule has 1 aromatic heterocycles. The molecule has 1 N–H and O–H groups in total. The van der Waals surface area contributed by atoms with Crippen molar-refractivity contribution < 1.29 is 14.1 Å². The lowest BCUT2D eigenvalue weighted by atomic mass is 10.1. The molecule has 0 aliphatic heterocycles. The van der Waals surface area contributed by atoms with Crippen molar-refractivity contribution in [3.8, 4) is 5.75 Å². The van der Waals surface area contributed by atoms with Gasteiger partial charge in [-0.15, -0.1) is 0 Å². The lowest BCUT2D eigenvalue weighted by Gasteiger charge is -2.21. The Labute approximate surface area is 177 Å². The van der Waals surface area contributed by atoms with Crippen LogP contribution in [0, 0.1) is 13.8 Å². The van der Waals surface area contributed by atoms with Crippen LogP contribution in [0.15, 0.2) is 53.1 Å². The van der Waals surface area contributed by atoms with E-state index in [1.165, 1.54) is 0 Å². The van der Waals surface area contributed by atoms with Crippen LogP contribution in [0.2, 0.25) is 0 Å². The summed E-state index contributed by atoms with van der Waals surface area (Å²) >= 11 is 0. The number of nitrogens with one attached hydrogen (secondary N) is 1. The lowest BCUT2D eigenvalue weighted by Crippen LogP contribution is -2.32. The normalized spacial score (nSPS) is 12.0. The Bertz CT molecular complexity index is 947. The third kappa shape index (κ3) is 5.69. The van der Waals surface area contributed by atoms with E-state index in [0.29, 0.717) is 24.7 Å². The third-order valence-electron chi connectivity index (χ3n) is 4.91. The Balaban J connectivity index is 1.64. The number of hydrogen-bond donors (Lipinski definition) is 1.